The minimum Gasteiger partial charge on any atom is -0.488 e. The van der Waals surface area contributed by atoms with E-state index in [-0.39, 0.29) is 11.1 Å². The van der Waals surface area contributed by atoms with Crippen molar-refractivity contribution >= 4 is 14.6 Å². The molecule has 1 aromatic carbocycles. The van der Waals surface area contributed by atoms with Gasteiger partial charge in [-0.05, 0) is 37.2 Å². The highest BCUT2D eigenvalue weighted by Gasteiger charge is 2.37. The van der Waals surface area contributed by atoms with Crippen LogP contribution in [0.5, 0.6) is 5.75 Å². The van der Waals surface area contributed by atoms with Gasteiger partial charge in [-0.3, -0.25) is 4.79 Å². The molecule has 0 heterocycles. The van der Waals surface area contributed by atoms with Gasteiger partial charge >= 0.3 is 0 Å². The molecule has 1 aromatic rings. The molecule has 20 heavy (non-hydrogen) atoms. The third kappa shape index (κ3) is 4.46. The van der Waals surface area contributed by atoms with Crippen LogP contribution in [0.4, 0.5) is 0 Å². The summed E-state index contributed by atoms with van der Waals surface area (Å²) < 4.78 is 11.9. The molecule has 0 saturated carbocycles. The van der Waals surface area contributed by atoms with E-state index in [1.807, 2.05) is 25.1 Å². The van der Waals surface area contributed by atoms with Crippen molar-refractivity contribution in [2.75, 3.05) is 6.61 Å². The van der Waals surface area contributed by atoms with Crippen molar-refractivity contribution in [2.24, 2.45) is 0 Å². The number of para-hydroxylation sites is 1. The van der Waals surface area contributed by atoms with E-state index in [4.69, 9.17) is 9.16 Å². The van der Waals surface area contributed by atoms with Crippen LogP contribution in [0.1, 0.15) is 38.1 Å². The number of carbonyl (C=O) groups is 1. The molecular weight excluding hydrogens is 268 g/mol. The molecule has 0 saturated heterocycles. The van der Waals surface area contributed by atoms with Gasteiger partial charge in [0.1, 0.15) is 11.9 Å². The summed E-state index contributed by atoms with van der Waals surface area (Å²) in [5, 5.41) is 0.188. The van der Waals surface area contributed by atoms with Gasteiger partial charge in [0.25, 0.3) is 0 Å². The Morgan fingerprint density at radius 1 is 1.25 bits per heavy atom. The predicted octanol–water partition coefficient (Wildman–Crippen LogP) is 4.29. The lowest BCUT2D eigenvalue weighted by molar-refractivity contribution is 0.110. The molecule has 0 aliphatic heterocycles. The van der Waals surface area contributed by atoms with Gasteiger partial charge in [0.05, 0.1) is 12.2 Å². The summed E-state index contributed by atoms with van der Waals surface area (Å²) in [6.45, 7) is 13.6. The van der Waals surface area contributed by atoms with E-state index in [1.165, 1.54) is 0 Å². The third-order valence-corrected chi connectivity index (χ3v) is 8.36. The molecule has 4 heteroatoms. The van der Waals surface area contributed by atoms with Crippen molar-refractivity contribution in [3.63, 3.8) is 0 Å². The zero-order valence-electron chi connectivity index (χ0n) is 13.4. The Bertz CT molecular complexity index is 449. The van der Waals surface area contributed by atoms with E-state index in [0.717, 1.165) is 6.29 Å². The molecule has 3 nitrogen and oxygen atoms in total. The third-order valence-electron chi connectivity index (χ3n) is 3.86. The number of hydrogen-bond donors (Lipinski definition) is 0. The molecule has 1 atom stereocenters. The summed E-state index contributed by atoms with van der Waals surface area (Å²) in [5.41, 5.74) is 0.576. The molecular formula is C16H26O3Si. The second kappa shape index (κ2) is 6.55. The fourth-order valence-electron chi connectivity index (χ4n) is 1.48. The van der Waals surface area contributed by atoms with Crippen molar-refractivity contribution in [2.45, 2.75) is 51.9 Å². The topological polar surface area (TPSA) is 35.5 Å². The normalized spacial score (nSPS) is 13.9. The van der Waals surface area contributed by atoms with Crippen LogP contribution in [0.15, 0.2) is 24.3 Å². The van der Waals surface area contributed by atoms with Gasteiger partial charge in [0.15, 0.2) is 14.6 Å². The number of aldehydes is 1. The van der Waals surface area contributed by atoms with E-state index in [9.17, 15) is 4.79 Å². The molecule has 112 valence electrons. The zero-order valence-corrected chi connectivity index (χ0v) is 14.4. The van der Waals surface area contributed by atoms with Crippen molar-refractivity contribution in [1.29, 1.82) is 0 Å². The highest BCUT2D eigenvalue weighted by atomic mass is 28.4. The maximum atomic E-state index is 11.0. The van der Waals surface area contributed by atoms with Gasteiger partial charge in [-0.25, -0.2) is 0 Å². The highest BCUT2D eigenvalue weighted by Crippen LogP contribution is 2.36. The lowest BCUT2D eigenvalue weighted by Gasteiger charge is -2.36. The quantitative estimate of drug-likeness (QED) is 0.580. The summed E-state index contributed by atoms with van der Waals surface area (Å²) in [7, 11) is -1.76. The van der Waals surface area contributed by atoms with Crippen LogP contribution < -0.4 is 4.74 Å². The molecule has 0 radical (unpaired) electrons. The Morgan fingerprint density at radius 3 is 2.40 bits per heavy atom. The maximum absolute atomic E-state index is 11.0. The molecule has 1 rings (SSSR count). The molecule has 0 spiro atoms. The van der Waals surface area contributed by atoms with Crippen molar-refractivity contribution in [1.82, 2.24) is 0 Å². The number of benzene rings is 1. The number of hydrogen-bond acceptors (Lipinski definition) is 3. The summed E-state index contributed by atoms with van der Waals surface area (Å²) in [6.07, 6.45) is 0.738. The number of carbonyl (C=O) groups excluding carboxylic acids is 1. The largest absolute Gasteiger partial charge is 0.488 e. The lowest BCUT2D eigenvalue weighted by atomic mass is 10.2. The van der Waals surface area contributed by atoms with Crippen molar-refractivity contribution in [3.8, 4) is 5.75 Å². The van der Waals surface area contributed by atoms with Crippen LogP contribution >= 0.6 is 0 Å². The summed E-state index contributed by atoms with van der Waals surface area (Å²) in [4.78, 5) is 11.0. The average molecular weight is 294 g/mol. The van der Waals surface area contributed by atoms with Crippen LogP contribution in [0, 0.1) is 0 Å². The maximum Gasteiger partial charge on any atom is 0.192 e. The molecule has 0 amide bonds. The Labute approximate surface area is 123 Å². The molecule has 0 fully saturated rings. The number of rotatable bonds is 6. The van der Waals surface area contributed by atoms with Crippen molar-refractivity contribution in [3.05, 3.63) is 29.8 Å². The Morgan fingerprint density at radius 2 is 1.85 bits per heavy atom. The Kier molecular flexibility index (Phi) is 5.54. The van der Waals surface area contributed by atoms with Gasteiger partial charge in [-0.2, -0.15) is 0 Å². The summed E-state index contributed by atoms with van der Waals surface area (Å²) in [6, 6.07) is 7.26. The second-order valence-electron chi connectivity index (χ2n) is 6.66. The van der Waals surface area contributed by atoms with Gasteiger partial charge in [0, 0.05) is 0 Å². The van der Waals surface area contributed by atoms with E-state index in [0.29, 0.717) is 17.9 Å². The van der Waals surface area contributed by atoms with Gasteiger partial charge < -0.3 is 9.16 Å². The Balaban J connectivity index is 2.61. The summed E-state index contributed by atoms with van der Waals surface area (Å²) >= 11 is 0. The van der Waals surface area contributed by atoms with E-state index in [2.05, 4.69) is 33.9 Å². The molecule has 0 bridgehead atoms. The van der Waals surface area contributed by atoms with Crippen LogP contribution in [-0.2, 0) is 4.43 Å². The standard InChI is InChI=1S/C16H26O3Si/c1-13(12-18-20(5,6)16(2,3)4)19-15-10-8-7-9-14(15)11-17/h7-11,13H,12H2,1-6H3. The first-order valence-electron chi connectivity index (χ1n) is 7.02. The second-order valence-corrected chi connectivity index (χ2v) is 11.5. The van der Waals surface area contributed by atoms with Crippen LogP contribution in [-0.4, -0.2) is 27.3 Å². The predicted molar refractivity (Wildman–Crippen MR) is 85.1 cm³/mol. The van der Waals surface area contributed by atoms with Crippen LogP contribution in [0.25, 0.3) is 0 Å². The SMILES string of the molecule is CC(CO[Si](C)(C)C(C)(C)C)Oc1ccccc1C=O. The minimum absolute atomic E-state index is 0.0785. The van der Waals surface area contributed by atoms with Crippen LogP contribution in [0.2, 0.25) is 18.1 Å². The lowest BCUT2D eigenvalue weighted by Crippen LogP contribution is -2.43. The van der Waals surface area contributed by atoms with Crippen LogP contribution in [0.3, 0.4) is 0 Å². The molecule has 1 unspecified atom stereocenters. The van der Waals surface area contributed by atoms with E-state index < -0.39 is 8.32 Å². The monoisotopic (exact) mass is 294 g/mol. The van der Waals surface area contributed by atoms with E-state index >= 15 is 0 Å². The fraction of sp³-hybridized carbons (Fsp3) is 0.562. The molecule has 0 aromatic heterocycles. The highest BCUT2D eigenvalue weighted by molar-refractivity contribution is 6.74. The number of ether oxygens (including phenoxy) is 1. The minimum atomic E-state index is -1.76. The molecule has 0 aliphatic carbocycles. The summed E-state index contributed by atoms with van der Waals surface area (Å²) in [5.74, 6) is 0.619. The van der Waals surface area contributed by atoms with Gasteiger partial charge in [-0.1, -0.05) is 32.9 Å². The van der Waals surface area contributed by atoms with Gasteiger partial charge in [0.2, 0.25) is 0 Å². The smallest absolute Gasteiger partial charge is 0.192 e. The first kappa shape index (κ1) is 16.9. The molecule has 0 aliphatic rings. The Hall–Kier alpha value is -1.13. The fourth-order valence-corrected chi connectivity index (χ4v) is 2.56. The first-order chi connectivity index (χ1) is 9.17. The average Bonchev–Trinajstić information content (AvgIpc) is 2.36. The first-order valence-corrected chi connectivity index (χ1v) is 9.93. The van der Waals surface area contributed by atoms with E-state index in [1.54, 1.807) is 6.07 Å². The molecule has 0 N–H and O–H groups in total. The van der Waals surface area contributed by atoms with Gasteiger partial charge in [-0.15, -0.1) is 0 Å². The van der Waals surface area contributed by atoms with Crippen molar-refractivity contribution < 1.29 is 14.0 Å². The zero-order chi connectivity index (χ0) is 15.4.